The number of fused-ring (bicyclic) bond motifs is 2. The number of nitrogens with zero attached hydrogens (tertiary/aromatic N) is 5. The number of allylic oxidation sites excluding steroid dienone is 1. The summed E-state index contributed by atoms with van der Waals surface area (Å²) in [6.07, 6.45) is 4.09. The van der Waals surface area contributed by atoms with Gasteiger partial charge < -0.3 is 15.1 Å². The fourth-order valence-electron chi connectivity index (χ4n) is 6.85. The highest BCUT2D eigenvalue weighted by molar-refractivity contribution is 5.91. The number of rotatable bonds is 6. The molecule has 8 nitrogen and oxygen atoms in total. The molecule has 0 spiro atoms. The average molecular weight is 575 g/mol. The smallest absolute Gasteiger partial charge is 0.260 e. The molecule has 3 aliphatic rings. The summed E-state index contributed by atoms with van der Waals surface area (Å²) in [4.78, 5) is 42.5. The molecule has 1 aliphatic heterocycles. The highest BCUT2D eigenvalue weighted by Gasteiger charge is 2.44. The minimum Gasteiger partial charge on any atom is -0.369 e. The van der Waals surface area contributed by atoms with Crippen LogP contribution in [0.2, 0.25) is 0 Å². The molecule has 2 aliphatic carbocycles. The molecule has 0 bridgehead atoms. The molecule has 8 heteroatoms. The number of nitrogens with one attached hydrogen (secondary N) is 1. The predicted octanol–water partition coefficient (Wildman–Crippen LogP) is 5.35. The number of Topliss-reactive ketones (excluding diaryl/α,β-unsaturated/α-hetero) is 1. The Hall–Kier alpha value is -4.30. The molecule has 220 valence electrons. The van der Waals surface area contributed by atoms with Gasteiger partial charge in [0, 0.05) is 66.5 Å². The monoisotopic (exact) mass is 574 g/mol. The van der Waals surface area contributed by atoms with Gasteiger partial charge in [-0.2, -0.15) is 4.98 Å². The molecule has 1 unspecified atom stereocenters. The first-order chi connectivity index (χ1) is 20.7. The molecule has 1 atom stereocenters. The van der Waals surface area contributed by atoms with Crippen molar-refractivity contribution in [2.75, 3.05) is 43.4 Å². The number of benzene rings is 2. The highest BCUT2D eigenvalue weighted by Crippen LogP contribution is 2.44. The van der Waals surface area contributed by atoms with Crippen molar-refractivity contribution in [1.29, 1.82) is 0 Å². The third-order valence-electron chi connectivity index (χ3n) is 9.50. The SMILES string of the molecule is C=C(c1cc2cnc(Nc3ccc(N4CCN(C)CC4)cc3)nc2n(C2C(=O)Cc3ccccc3C2(C)C)c1=O)C1CC1. The van der Waals surface area contributed by atoms with Crippen LogP contribution in [0.5, 0.6) is 0 Å². The Balaban J connectivity index is 1.30. The Bertz CT molecular complexity index is 1800. The Morgan fingerprint density at radius 2 is 1.72 bits per heavy atom. The van der Waals surface area contributed by atoms with E-state index in [1.807, 2.05) is 36.4 Å². The summed E-state index contributed by atoms with van der Waals surface area (Å²) in [6.45, 7) is 12.5. The number of carbonyl (C=O) groups excluding carboxylic acids is 1. The molecule has 43 heavy (non-hydrogen) atoms. The molecule has 2 aromatic heterocycles. The normalized spacial score (nSPS) is 20.2. The number of likely N-dealkylation sites (N-methyl/N-ethyl adjacent to an activating group) is 1. The van der Waals surface area contributed by atoms with Gasteiger partial charge in [0.05, 0.1) is 0 Å². The van der Waals surface area contributed by atoms with Crippen LogP contribution < -0.4 is 15.8 Å². The second kappa shape index (κ2) is 10.5. The van der Waals surface area contributed by atoms with Crippen molar-refractivity contribution in [3.8, 4) is 0 Å². The number of piperazine rings is 1. The van der Waals surface area contributed by atoms with E-state index in [1.165, 1.54) is 5.69 Å². The van der Waals surface area contributed by atoms with E-state index < -0.39 is 11.5 Å². The summed E-state index contributed by atoms with van der Waals surface area (Å²) >= 11 is 0. The van der Waals surface area contributed by atoms with Gasteiger partial charge in [-0.15, -0.1) is 0 Å². The van der Waals surface area contributed by atoms with Crippen molar-refractivity contribution in [2.24, 2.45) is 5.92 Å². The van der Waals surface area contributed by atoms with E-state index in [0.717, 1.165) is 66.8 Å². The number of pyridine rings is 1. The van der Waals surface area contributed by atoms with Gasteiger partial charge in [0.25, 0.3) is 5.56 Å². The zero-order chi connectivity index (χ0) is 29.9. The van der Waals surface area contributed by atoms with Crippen molar-refractivity contribution in [2.45, 2.75) is 44.6 Å². The summed E-state index contributed by atoms with van der Waals surface area (Å²) in [6, 6.07) is 17.5. The molecule has 3 heterocycles. The third kappa shape index (κ3) is 4.93. The van der Waals surface area contributed by atoms with Crippen LogP contribution in [0.3, 0.4) is 0 Å². The number of carbonyl (C=O) groups is 1. The fraction of sp³-hybridized carbons (Fsp3) is 0.371. The van der Waals surface area contributed by atoms with Crippen LogP contribution in [-0.4, -0.2) is 58.4 Å². The van der Waals surface area contributed by atoms with Crippen molar-refractivity contribution >= 4 is 39.7 Å². The van der Waals surface area contributed by atoms with Crippen LogP contribution in [0.4, 0.5) is 17.3 Å². The molecule has 0 amide bonds. The summed E-state index contributed by atoms with van der Waals surface area (Å²) in [5.74, 6) is 0.696. The second-order valence-electron chi connectivity index (χ2n) is 12.9. The first-order valence-corrected chi connectivity index (χ1v) is 15.2. The molecule has 7 rings (SSSR count). The fourth-order valence-corrected chi connectivity index (χ4v) is 6.85. The summed E-state index contributed by atoms with van der Waals surface area (Å²) in [5, 5.41) is 4.05. The van der Waals surface area contributed by atoms with Gasteiger partial charge >= 0.3 is 0 Å². The van der Waals surface area contributed by atoms with Crippen molar-refractivity contribution in [1.82, 2.24) is 19.4 Å². The zero-order valence-corrected chi connectivity index (χ0v) is 25.1. The number of hydrogen-bond acceptors (Lipinski definition) is 7. The van der Waals surface area contributed by atoms with Crippen LogP contribution in [-0.2, 0) is 16.6 Å². The highest BCUT2D eigenvalue weighted by atomic mass is 16.1. The Kier molecular flexibility index (Phi) is 6.69. The third-order valence-corrected chi connectivity index (χ3v) is 9.50. The van der Waals surface area contributed by atoms with Crippen LogP contribution >= 0.6 is 0 Å². The van der Waals surface area contributed by atoms with Crippen molar-refractivity contribution in [3.63, 3.8) is 0 Å². The topological polar surface area (TPSA) is 83.4 Å². The molecular weight excluding hydrogens is 536 g/mol. The van der Waals surface area contributed by atoms with E-state index in [4.69, 9.17) is 4.98 Å². The van der Waals surface area contributed by atoms with E-state index in [1.54, 1.807) is 10.8 Å². The molecule has 1 N–H and O–H groups in total. The lowest BCUT2D eigenvalue weighted by atomic mass is 9.68. The van der Waals surface area contributed by atoms with Gasteiger partial charge in [-0.25, -0.2) is 4.98 Å². The minimum atomic E-state index is -0.713. The zero-order valence-electron chi connectivity index (χ0n) is 25.1. The predicted molar refractivity (Wildman–Crippen MR) is 172 cm³/mol. The lowest BCUT2D eigenvalue weighted by Crippen LogP contribution is -2.46. The number of anilines is 3. The molecule has 2 aromatic carbocycles. The molecule has 0 radical (unpaired) electrons. The second-order valence-corrected chi connectivity index (χ2v) is 12.9. The Morgan fingerprint density at radius 1 is 1.00 bits per heavy atom. The van der Waals surface area contributed by atoms with Crippen LogP contribution in [0.15, 0.2) is 72.2 Å². The molecule has 2 fully saturated rings. The molecular formula is C35H38N6O2. The van der Waals surface area contributed by atoms with Gasteiger partial charge in [0.15, 0.2) is 5.78 Å². The largest absolute Gasteiger partial charge is 0.369 e. The van der Waals surface area contributed by atoms with E-state index in [0.29, 0.717) is 23.1 Å². The first-order valence-electron chi connectivity index (χ1n) is 15.2. The summed E-state index contributed by atoms with van der Waals surface area (Å²) in [7, 11) is 2.15. The quantitative estimate of drug-likeness (QED) is 0.332. The van der Waals surface area contributed by atoms with Crippen molar-refractivity contribution < 1.29 is 4.79 Å². The lowest BCUT2D eigenvalue weighted by Gasteiger charge is -2.40. The van der Waals surface area contributed by atoms with Crippen LogP contribution in [0.1, 0.15) is 49.4 Å². The number of ketones is 1. The van der Waals surface area contributed by atoms with E-state index >= 15 is 0 Å². The molecule has 1 saturated heterocycles. The maximum absolute atomic E-state index is 14.3. The van der Waals surface area contributed by atoms with E-state index in [2.05, 4.69) is 65.8 Å². The average Bonchev–Trinajstić information content (AvgIpc) is 3.84. The Morgan fingerprint density at radius 3 is 2.44 bits per heavy atom. The van der Waals surface area contributed by atoms with Gasteiger partial charge in [-0.3, -0.25) is 14.2 Å². The molecule has 1 saturated carbocycles. The van der Waals surface area contributed by atoms with Gasteiger partial charge in [-0.05, 0) is 72.8 Å². The minimum absolute atomic E-state index is 0.00824. The number of aromatic nitrogens is 3. The standard InChI is InChI=1S/C35H38N6O2/c1-22(23-9-10-23)28-19-25-21-36-34(37-26-11-13-27(14-12-26)40-17-15-39(4)16-18-40)38-32(25)41(33(28)43)31-30(42)20-24-7-5-6-8-29(24)35(31,2)3/h5-8,11-14,19,21,23,31H,1,9-10,15-18,20H2,2-4H3,(H,36,37,38). The van der Waals surface area contributed by atoms with Crippen LogP contribution in [0.25, 0.3) is 16.6 Å². The van der Waals surface area contributed by atoms with Crippen molar-refractivity contribution in [3.05, 3.63) is 94.4 Å². The van der Waals surface area contributed by atoms with Gasteiger partial charge in [-0.1, -0.05) is 44.7 Å². The maximum Gasteiger partial charge on any atom is 0.260 e. The van der Waals surface area contributed by atoms with Gasteiger partial charge in [0.2, 0.25) is 5.95 Å². The number of hydrogen-bond donors (Lipinski definition) is 1. The first kappa shape index (κ1) is 27.5. The van der Waals surface area contributed by atoms with E-state index in [-0.39, 0.29) is 17.8 Å². The lowest BCUT2D eigenvalue weighted by molar-refractivity contribution is -0.124. The molecule has 4 aromatic rings. The van der Waals surface area contributed by atoms with Gasteiger partial charge in [0.1, 0.15) is 11.7 Å². The van der Waals surface area contributed by atoms with Crippen LogP contribution in [0, 0.1) is 5.92 Å². The summed E-state index contributed by atoms with van der Waals surface area (Å²) < 4.78 is 1.64. The Labute approximate surface area is 252 Å². The van der Waals surface area contributed by atoms with E-state index in [9.17, 15) is 9.59 Å². The maximum atomic E-state index is 14.3. The summed E-state index contributed by atoms with van der Waals surface area (Å²) in [5.41, 5.74) is 5.15.